The summed E-state index contributed by atoms with van der Waals surface area (Å²) in [6.45, 7) is 1.65. The minimum Gasteiger partial charge on any atom is -0.507 e. The first-order valence-corrected chi connectivity index (χ1v) is 35.7. The van der Waals surface area contributed by atoms with Crippen molar-refractivity contribution in [3.05, 3.63) is 254 Å². The molecule has 2 fully saturated rings. The van der Waals surface area contributed by atoms with Crippen LogP contribution < -0.4 is 21.3 Å². The van der Waals surface area contributed by atoms with Gasteiger partial charge in [-0.15, -0.1) is 11.8 Å². The Balaban J connectivity index is 0.783. The second-order valence-corrected chi connectivity index (χ2v) is 28.5. The van der Waals surface area contributed by atoms with Gasteiger partial charge >= 0.3 is 0 Å². The van der Waals surface area contributed by atoms with Gasteiger partial charge in [0, 0.05) is 98.8 Å². The van der Waals surface area contributed by atoms with Crippen LogP contribution in [0.2, 0.25) is 0 Å². The number of nitrogens with one attached hydrogen (secondary N) is 2. The fraction of sp³-hybridized carbons (Fsp3) is 0.291. The summed E-state index contributed by atoms with van der Waals surface area (Å²) in [6.07, 6.45) is 13.7. The molecule has 6 aliphatic rings. The number of hydrogen-bond donors (Lipinski definition) is 7. The zero-order chi connectivity index (χ0) is 67.2. The number of phenolic OH excluding ortho intramolecular Hbond substituents is 2. The maximum absolute atomic E-state index is 14.5. The summed E-state index contributed by atoms with van der Waals surface area (Å²) < 4.78 is 30.8. The topological polar surface area (TPSA) is 228 Å². The van der Waals surface area contributed by atoms with Gasteiger partial charge in [-0.2, -0.15) is 0 Å². The summed E-state index contributed by atoms with van der Waals surface area (Å²) in [5, 5.41) is 49.0. The van der Waals surface area contributed by atoms with E-state index in [0.29, 0.717) is 18.8 Å². The molecule has 1 amide bonds. The second-order valence-electron chi connectivity index (χ2n) is 25.2. The number of thioether (sulfide) groups is 2. The molecule has 4 heterocycles. The molecule has 1 aromatic heterocycles. The van der Waals surface area contributed by atoms with Crippen molar-refractivity contribution < 1.29 is 58.5 Å². The van der Waals surface area contributed by atoms with Crippen LogP contribution in [0.25, 0.3) is 36.8 Å². The van der Waals surface area contributed by atoms with Crippen molar-refractivity contribution >= 4 is 68.2 Å². The van der Waals surface area contributed by atoms with Crippen LogP contribution in [-0.4, -0.2) is 106 Å². The number of carbonyl (C=O) groups excluding carboxylic acids is 3. The average molecular weight is 1360 g/mol. The smallest absolute Gasteiger partial charge is 0.239 e. The number of aromatic hydroxyl groups is 2. The first kappa shape index (κ1) is 67.5. The molecular weight excluding hydrogens is 1280 g/mol. The number of allylic oxidation sites excluding steroid dienone is 8. The number of rotatable bonds is 20. The van der Waals surface area contributed by atoms with Gasteiger partial charge in [0.15, 0.2) is 18.4 Å². The summed E-state index contributed by atoms with van der Waals surface area (Å²) in [7, 11) is 1.36. The summed E-state index contributed by atoms with van der Waals surface area (Å²) in [4.78, 5) is 48.9. The van der Waals surface area contributed by atoms with E-state index in [2.05, 4.69) is 157 Å². The van der Waals surface area contributed by atoms with E-state index >= 15 is 0 Å². The van der Waals surface area contributed by atoms with E-state index in [4.69, 9.17) is 29.4 Å². The number of fused-ring (bicyclic) bond motifs is 3. The van der Waals surface area contributed by atoms with E-state index in [1.165, 1.54) is 19.2 Å². The lowest BCUT2D eigenvalue weighted by molar-refractivity contribution is -0.282. The van der Waals surface area contributed by atoms with E-state index in [9.17, 15) is 34.8 Å². The first-order valence-electron chi connectivity index (χ1n) is 33.1. The molecule has 97 heavy (non-hydrogen) atoms. The Morgan fingerprint density at radius 3 is 2.04 bits per heavy atom. The molecule has 7 aromatic rings. The van der Waals surface area contributed by atoms with Crippen LogP contribution >= 0.6 is 34.9 Å². The minimum atomic E-state index is -2.06. The number of amides is 1. The molecule has 0 bridgehead atoms. The number of ketones is 2. The quantitative estimate of drug-likeness (QED) is 0.0214. The molecule has 0 radical (unpaired) electrons. The molecule has 8 atom stereocenters. The van der Waals surface area contributed by atoms with Gasteiger partial charge in [0.05, 0.1) is 54.3 Å². The summed E-state index contributed by atoms with van der Waals surface area (Å²) in [5.41, 5.74) is 18.2. The van der Waals surface area contributed by atoms with Gasteiger partial charge in [0.1, 0.15) is 23.4 Å². The van der Waals surface area contributed by atoms with Crippen LogP contribution in [0.15, 0.2) is 204 Å². The molecule has 0 spiro atoms. The zero-order valence-corrected chi connectivity index (χ0v) is 56.4. The molecule has 2 saturated heterocycles. The molecule has 3 aliphatic carbocycles. The molecule has 18 heteroatoms. The molecule has 3 aliphatic heterocycles. The average Bonchev–Trinajstić information content (AvgIpc) is 0.710. The first-order chi connectivity index (χ1) is 47.2. The largest absolute Gasteiger partial charge is 0.507 e. The third-order valence-electron chi connectivity index (χ3n) is 18.7. The molecule has 13 rings (SSSR count). The van der Waals surface area contributed by atoms with Crippen molar-refractivity contribution in [1.29, 1.82) is 0 Å². The highest BCUT2D eigenvalue weighted by Gasteiger charge is 2.51. The molecule has 15 nitrogen and oxygen atoms in total. The molecule has 6 aromatic carbocycles. The van der Waals surface area contributed by atoms with E-state index in [1.807, 2.05) is 24.3 Å². The number of methoxy groups -OCH3 is 1. The molecular formula is C79H78N3O12S3+. The van der Waals surface area contributed by atoms with Gasteiger partial charge < -0.3 is 49.8 Å². The number of benzene rings is 6. The number of hydrogen-bond acceptors (Lipinski definition) is 16. The number of nitrogens with two attached hydrogens (primary N) is 1. The van der Waals surface area contributed by atoms with Crippen molar-refractivity contribution in [2.45, 2.75) is 120 Å². The van der Waals surface area contributed by atoms with Crippen molar-refractivity contribution in [2.24, 2.45) is 5.73 Å². The molecule has 8 N–H and O–H groups in total. The molecule has 498 valence electrons. The van der Waals surface area contributed by atoms with Crippen LogP contribution in [0, 0.1) is 0 Å². The fourth-order valence-electron chi connectivity index (χ4n) is 13.7. The lowest BCUT2D eigenvalue weighted by atomic mass is 9.71. The van der Waals surface area contributed by atoms with Crippen LogP contribution in [0.5, 0.6) is 17.2 Å². The fourth-order valence-corrected chi connectivity index (χ4v) is 17.2. The van der Waals surface area contributed by atoms with Gasteiger partial charge in [-0.3, -0.25) is 19.8 Å². The summed E-state index contributed by atoms with van der Waals surface area (Å²) in [5.74, 6) is -2.74. The third kappa shape index (κ3) is 14.9. The Hall–Kier alpha value is -8.08. The van der Waals surface area contributed by atoms with Gasteiger partial charge in [-0.1, -0.05) is 145 Å². The predicted octanol–water partition coefficient (Wildman–Crippen LogP) is 14.6. The van der Waals surface area contributed by atoms with Gasteiger partial charge in [-0.05, 0) is 121 Å². The summed E-state index contributed by atoms with van der Waals surface area (Å²) >= 11 is 5.11. The van der Waals surface area contributed by atoms with Gasteiger partial charge in [-0.25, -0.2) is 5.43 Å². The Kier molecular flexibility index (Phi) is 21.1. The maximum atomic E-state index is 14.5. The SMILES string of the molecule is COc1cccc2c1C(=O)c1c(O)c3c(c(O)c1C2=O)CC(O)(C(CO)NNC(=O)CCSC1=C(/C=C/c2cc(-c4ccccc4)[s+]c(-c4ccccc4)c2)CCC/C1=C\C=C1C=C(c2ccccc2)SC(c2ccccc2)=C1)CC3OC1CC(N)C(OC2CCCCO2)C(C)O1. The number of ether oxygens (including phenoxy) is 5. The van der Waals surface area contributed by atoms with E-state index < -0.39 is 102 Å². The standard InChI is InChI=1S/C79H77N3O12S3/c1-47-77(94-67-31-15-16-37-91-67)58(80)43-68(92-47)93-60-45-79(89,44-57-70(60)76(88)72-71(74(57)86)73(85)56-29-18-30-59(90-2)69(56)75(72)87)65(46-83)81-82-66(84)36-38-95-78-54(34-32-48-39-61(50-19-7-3-8-20-50)96-62(40-48)51-21-9-4-10-22-51)27-17-28-55(78)35-33-49-41-63(52-23-11-5-12-24-52)97-64(42-49)53-25-13-6-14-26-53/h3-14,18-26,29-30,32-35,39-42,47,58,60,65,67-68,77,83,89H,15-17,27-28,31,36-38,43-46,80H2,1-2H3,(H3-,81,82,84,85,86,87,88)/p+1. The zero-order valence-electron chi connectivity index (χ0n) is 54.0. The second kappa shape index (κ2) is 30.4. The van der Waals surface area contributed by atoms with Crippen LogP contribution in [-0.2, 0) is 30.2 Å². The summed E-state index contributed by atoms with van der Waals surface area (Å²) in [6, 6.07) is 48.7. The minimum absolute atomic E-state index is 0.0282. The Morgan fingerprint density at radius 1 is 0.773 bits per heavy atom. The number of aliphatic hydroxyl groups is 2. The number of hydrazine groups is 1. The Morgan fingerprint density at radius 2 is 1.42 bits per heavy atom. The van der Waals surface area contributed by atoms with Crippen LogP contribution in [0.4, 0.5) is 0 Å². The highest BCUT2D eigenvalue weighted by Crippen LogP contribution is 2.54. The van der Waals surface area contributed by atoms with Crippen molar-refractivity contribution in [3.63, 3.8) is 0 Å². The number of aliphatic hydroxyl groups excluding tert-OH is 1. The number of carbonyl (C=O) groups is 3. The van der Waals surface area contributed by atoms with Gasteiger partial charge in [0.2, 0.25) is 32.8 Å². The van der Waals surface area contributed by atoms with Crippen molar-refractivity contribution in [1.82, 2.24) is 10.9 Å². The van der Waals surface area contributed by atoms with Crippen LogP contribution in [0.1, 0.15) is 130 Å². The normalized spacial score (nSPS) is 23.3. The predicted molar refractivity (Wildman–Crippen MR) is 383 cm³/mol. The van der Waals surface area contributed by atoms with Crippen molar-refractivity contribution in [2.75, 3.05) is 26.1 Å². The highest BCUT2D eigenvalue weighted by molar-refractivity contribution is 8.16. The lowest BCUT2D eigenvalue weighted by Crippen LogP contribution is -2.61. The van der Waals surface area contributed by atoms with Crippen LogP contribution in [0.3, 0.4) is 0 Å². The Labute approximate surface area is 577 Å². The van der Waals surface area contributed by atoms with E-state index in [-0.39, 0.29) is 47.3 Å². The molecule has 0 saturated carbocycles. The van der Waals surface area contributed by atoms with Gasteiger partial charge in [0.25, 0.3) is 0 Å². The number of phenols is 2. The monoisotopic (exact) mass is 1360 g/mol. The molecule has 8 unspecified atom stereocenters. The maximum Gasteiger partial charge on any atom is 0.239 e. The van der Waals surface area contributed by atoms with E-state index in [0.717, 1.165) is 101 Å². The highest BCUT2D eigenvalue weighted by atomic mass is 32.2. The lowest BCUT2D eigenvalue weighted by Gasteiger charge is -2.46. The van der Waals surface area contributed by atoms with E-state index in [1.54, 1.807) is 47.9 Å². The Bertz CT molecular complexity index is 4160. The third-order valence-corrected chi connectivity index (χ3v) is 22.2. The van der Waals surface area contributed by atoms with Crippen molar-refractivity contribution in [3.8, 4) is 38.1 Å².